The molecule has 0 aliphatic heterocycles. The van der Waals surface area contributed by atoms with Crippen molar-refractivity contribution in [3.05, 3.63) is 94.0 Å². The number of hydrogen-bond donors (Lipinski definition) is 2. The number of benzene rings is 3. The minimum atomic E-state index is -3.86. The average Bonchev–Trinajstić information content (AvgIpc) is 2.75. The lowest BCUT2D eigenvalue weighted by molar-refractivity contribution is 0.102. The Hall–Kier alpha value is -2.42. The number of sulfonamides is 1. The number of rotatable bonds is 8. The number of carbonyl (C=O) groups excluding carboxylic acids is 1. The Labute approximate surface area is 198 Å². The number of nitrogens with zero attached hydrogens (tertiary/aromatic N) is 1. The number of nitrogens with one attached hydrogen (secondary N) is 2. The van der Waals surface area contributed by atoms with Crippen molar-refractivity contribution >= 4 is 44.8 Å². The molecule has 0 aliphatic carbocycles. The Morgan fingerprint density at radius 1 is 0.938 bits per heavy atom. The molecule has 1 amide bonds. The normalized spacial score (nSPS) is 12.5. The van der Waals surface area contributed by atoms with E-state index in [0.29, 0.717) is 33.4 Å². The van der Waals surface area contributed by atoms with E-state index in [1.54, 1.807) is 30.3 Å². The Bertz CT molecular complexity index is 1180. The number of para-hydroxylation sites is 1. The summed E-state index contributed by atoms with van der Waals surface area (Å²) in [5.41, 5.74) is 1.70. The van der Waals surface area contributed by atoms with Crippen molar-refractivity contribution in [3.63, 3.8) is 0 Å². The molecular formula is C23H23Cl2N3O3S. The minimum Gasteiger partial charge on any atom is -0.322 e. The zero-order valence-electron chi connectivity index (χ0n) is 17.5. The summed E-state index contributed by atoms with van der Waals surface area (Å²) in [6, 6.07) is 19.3. The minimum absolute atomic E-state index is 0.0533. The second-order valence-corrected chi connectivity index (χ2v) is 9.98. The number of anilines is 1. The molecule has 0 bridgehead atoms. The van der Waals surface area contributed by atoms with E-state index in [4.69, 9.17) is 23.2 Å². The third kappa shape index (κ3) is 6.31. The molecule has 2 N–H and O–H groups in total. The van der Waals surface area contributed by atoms with Crippen LogP contribution in [0.25, 0.3) is 0 Å². The van der Waals surface area contributed by atoms with Crippen molar-refractivity contribution in [2.75, 3.05) is 26.0 Å². The molecule has 0 aromatic heterocycles. The quantitative estimate of drug-likeness (QED) is 0.473. The van der Waals surface area contributed by atoms with Gasteiger partial charge in [-0.15, -0.1) is 0 Å². The molecule has 0 aliphatic rings. The molecule has 168 valence electrons. The highest BCUT2D eigenvalue weighted by Gasteiger charge is 2.23. The fourth-order valence-electron chi connectivity index (χ4n) is 3.07. The van der Waals surface area contributed by atoms with Gasteiger partial charge < -0.3 is 10.2 Å². The molecular weight excluding hydrogens is 469 g/mol. The van der Waals surface area contributed by atoms with E-state index in [-0.39, 0.29) is 10.8 Å². The monoisotopic (exact) mass is 491 g/mol. The maximum atomic E-state index is 13.0. The van der Waals surface area contributed by atoms with Crippen molar-refractivity contribution in [2.24, 2.45) is 0 Å². The molecule has 6 nitrogen and oxygen atoms in total. The molecule has 1 atom stereocenters. The molecule has 9 heteroatoms. The third-order valence-corrected chi connectivity index (χ3v) is 6.88. The molecule has 0 unspecified atom stereocenters. The first-order chi connectivity index (χ1) is 15.2. The predicted molar refractivity (Wildman–Crippen MR) is 129 cm³/mol. The van der Waals surface area contributed by atoms with Crippen LogP contribution in [0.4, 0.5) is 5.69 Å². The lowest BCUT2D eigenvalue weighted by atomic mass is 10.1. The topological polar surface area (TPSA) is 78.5 Å². The fraction of sp³-hybridized carbons (Fsp3) is 0.174. The van der Waals surface area contributed by atoms with E-state index in [0.717, 1.165) is 0 Å². The van der Waals surface area contributed by atoms with Crippen LogP contribution in [0, 0.1) is 0 Å². The first-order valence-corrected chi connectivity index (χ1v) is 12.0. The number of halogens is 2. The predicted octanol–water partition coefficient (Wildman–Crippen LogP) is 4.83. The highest BCUT2D eigenvalue weighted by molar-refractivity contribution is 7.89. The second-order valence-electron chi connectivity index (χ2n) is 7.45. The van der Waals surface area contributed by atoms with Crippen LogP contribution in [0.5, 0.6) is 0 Å². The smallest absolute Gasteiger partial charge is 0.255 e. The summed E-state index contributed by atoms with van der Waals surface area (Å²) < 4.78 is 28.8. The number of carbonyl (C=O) groups is 1. The molecule has 0 saturated carbocycles. The van der Waals surface area contributed by atoms with Gasteiger partial charge in [0.15, 0.2) is 0 Å². The van der Waals surface area contributed by atoms with Gasteiger partial charge in [-0.25, -0.2) is 13.1 Å². The van der Waals surface area contributed by atoms with Gasteiger partial charge in [-0.3, -0.25) is 4.79 Å². The second kappa shape index (κ2) is 10.5. The molecule has 3 aromatic rings. The largest absolute Gasteiger partial charge is 0.322 e. The van der Waals surface area contributed by atoms with Crippen molar-refractivity contribution in [1.82, 2.24) is 9.62 Å². The van der Waals surface area contributed by atoms with Crippen LogP contribution >= 0.6 is 23.2 Å². The van der Waals surface area contributed by atoms with Crippen molar-refractivity contribution < 1.29 is 13.2 Å². The van der Waals surface area contributed by atoms with Crippen LogP contribution in [0.2, 0.25) is 10.0 Å². The maximum Gasteiger partial charge on any atom is 0.255 e. The zero-order valence-corrected chi connectivity index (χ0v) is 19.9. The van der Waals surface area contributed by atoms with E-state index in [1.807, 2.05) is 37.2 Å². The first-order valence-electron chi connectivity index (χ1n) is 9.74. The summed E-state index contributed by atoms with van der Waals surface area (Å²) in [5, 5.41) is 3.51. The van der Waals surface area contributed by atoms with Gasteiger partial charge in [-0.1, -0.05) is 47.5 Å². The van der Waals surface area contributed by atoms with Crippen LogP contribution < -0.4 is 10.0 Å². The zero-order chi connectivity index (χ0) is 23.3. The summed E-state index contributed by atoms with van der Waals surface area (Å²) in [7, 11) is -0.170. The summed E-state index contributed by atoms with van der Waals surface area (Å²) in [4.78, 5) is 14.3. The lowest BCUT2D eigenvalue weighted by Gasteiger charge is -2.23. The number of amides is 1. The number of hydrogen-bond acceptors (Lipinski definition) is 4. The van der Waals surface area contributed by atoms with E-state index >= 15 is 0 Å². The van der Waals surface area contributed by atoms with Gasteiger partial charge in [0.05, 0.1) is 21.0 Å². The average molecular weight is 492 g/mol. The first kappa shape index (κ1) is 24.2. The van der Waals surface area contributed by atoms with Crippen LogP contribution in [-0.2, 0) is 10.0 Å². The third-order valence-electron chi connectivity index (χ3n) is 4.65. The molecule has 3 aromatic carbocycles. The van der Waals surface area contributed by atoms with Crippen LogP contribution in [0.1, 0.15) is 22.0 Å². The van der Waals surface area contributed by atoms with Crippen LogP contribution in [-0.4, -0.2) is 39.9 Å². The Morgan fingerprint density at radius 3 is 2.19 bits per heavy atom. The van der Waals surface area contributed by atoms with Crippen LogP contribution in [0.3, 0.4) is 0 Å². The Kier molecular flexibility index (Phi) is 7.92. The van der Waals surface area contributed by atoms with Gasteiger partial charge in [0, 0.05) is 17.8 Å². The molecule has 32 heavy (non-hydrogen) atoms. The van der Waals surface area contributed by atoms with Gasteiger partial charge >= 0.3 is 0 Å². The summed E-state index contributed by atoms with van der Waals surface area (Å²) in [6.45, 7) is 0.411. The molecule has 0 radical (unpaired) electrons. The molecule has 0 spiro atoms. The van der Waals surface area contributed by atoms with Crippen molar-refractivity contribution in [3.8, 4) is 0 Å². The van der Waals surface area contributed by atoms with Gasteiger partial charge in [0.1, 0.15) is 0 Å². The highest BCUT2D eigenvalue weighted by Crippen LogP contribution is 2.27. The van der Waals surface area contributed by atoms with Gasteiger partial charge in [-0.2, -0.15) is 0 Å². The summed E-state index contributed by atoms with van der Waals surface area (Å²) in [6.07, 6.45) is 0. The Balaban J connectivity index is 1.79. The number of likely N-dealkylation sites (N-methyl/N-ethyl adjacent to an activating group) is 1. The van der Waals surface area contributed by atoms with E-state index in [1.165, 1.54) is 24.3 Å². The van der Waals surface area contributed by atoms with E-state index in [9.17, 15) is 13.2 Å². The summed E-state index contributed by atoms with van der Waals surface area (Å²) in [5.74, 6) is -0.325. The van der Waals surface area contributed by atoms with Crippen molar-refractivity contribution in [2.45, 2.75) is 10.9 Å². The molecule has 0 saturated heterocycles. The molecule has 0 heterocycles. The fourth-order valence-corrected chi connectivity index (χ4v) is 4.59. The SMILES string of the molecule is CN(C)C[C@H](NS(=O)(=O)c1ccc(C(=O)Nc2ccccc2)cc1)c1ccc(Cl)c(Cl)c1. The van der Waals surface area contributed by atoms with Crippen LogP contribution in [0.15, 0.2) is 77.7 Å². The maximum absolute atomic E-state index is 13.0. The Morgan fingerprint density at radius 2 is 1.59 bits per heavy atom. The van der Waals surface area contributed by atoms with Crippen molar-refractivity contribution in [1.29, 1.82) is 0 Å². The van der Waals surface area contributed by atoms with Gasteiger partial charge in [0.25, 0.3) is 5.91 Å². The molecule has 3 rings (SSSR count). The lowest BCUT2D eigenvalue weighted by Crippen LogP contribution is -2.35. The van der Waals surface area contributed by atoms with Gasteiger partial charge in [-0.05, 0) is 68.2 Å². The highest BCUT2D eigenvalue weighted by atomic mass is 35.5. The summed E-state index contributed by atoms with van der Waals surface area (Å²) >= 11 is 12.1. The standard InChI is InChI=1S/C23H23Cl2N3O3S/c1-28(2)15-22(17-10-13-20(24)21(25)14-17)27-32(30,31)19-11-8-16(9-12-19)23(29)26-18-6-4-3-5-7-18/h3-14,22,27H,15H2,1-2H3,(H,26,29)/t22-/m0/s1. The van der Waals surface area contributed by atoms with E-state index < -0.39 is 16.1 Å². The molecule has 0 fully saturated rings. The van der Waals surface area contributed by atoms with Gasteiger partial charge in [0.2, 0.25) is 10.0 Å². The van der Waals surface area contributed by atoms with E-state index in [2.05, 4.69) is 10.0 Å².